The molecule has 3 heterocycles. The van der Waals surface area contributed by atoms with Gasteiger partial charge in [0.2, 0.25) is 0 Å². The van der Waals surface area contributed by atoms with Gasteiger partial charge in [0.15, 0.2) is 5.82 Å². The Morgan fingerprint density at radius 2 is 1.75 bits per heavy atom. The van der Waals surface area contributed by atoms with E-state index in [1.807, 2.05) is 24.4 Å². The molecule has 2 aromatic heterocycles. The second-order valence-electron chi connectivity index (χ2n) is 7.39. The maximum atomic E-state index is 5.82. The van der Waals surface area contributed by atoms with Crippen molar-refractivity contribution in [1.82, 2.24) is 15.2 Å². The van der Waals surface area contributed by atoms with E-state index in [0.29, 0.717) is 5.82 Å². The molecule has 2 atom stereocenters. The summed E-state index contributed by atoms with van der Waals surface area (Å²) in [6.45, 7) is 7.94. The summed E-state index contributed by atoms with van der Waals surface area (Å²) >= 11 is 0. The fourth-order valence-corrected chi connectivity index (χ4v) is 3.51. The van der Waals surface area contributed by atoms with Crippen LogP contribution in [0.3, 0.4) is 0 Å². The second kappa shape index (κ2) is 7.94. The van der Waals surface area contributed by atoms with E-state index in [4.69, 9.17) is 4.74 Å². The summed E-state index contributed by atoms with van der Waals surface area (Å²) in [6.07, 6.45) is 3.99. The molecular weight excluding hydrogens is 350 g/mol. The van der Waals surface area contributed by atoms with Crippen molar-refractivity contribution in [2.45, 2.75) is 33.0 Å². The van der Waals surface area contributed by atoms with E-state index >= 15 is 0 Å². The number of morpholine rings is 1. The molecule has 1 aromatic carbocycles. The molecule has 4 rings (SSSR count). The molecule has 0 bridgehead atoms. The molecule has 1 saturated heterocycles. The minimum atomic E-state index is 0.194. The van der Waals surface area contributed by atoms with Crippen molar-refractivity contribution >= 4 is 17.3 Å². The van der Waals surface area contributed by atoms with Gasteiger partial charge in [-0.05, 0) is 38.5 Å². The van der Waals surface area contributed by atoms with Gasteiger partial charge >= 0.3 is 0 Å². The molecule has 1 N–H and O–H groups in total. The number of anilines is 3. The zero-order valence-corrected chi connectivity index (χ0v) is 16.5. The molecule has 0 radical (unpaired) electrons. The molecule has 0 saturated carbocycles. The number of rotatable bonds is 4. The summed E-state index contributed by atoms with van der Waals surface area (Å²) in [6, 6.07) is 14.4. The standard InChI is InChI=1S/C22H25N5O/c1-15-4-6-18(7-5-15)19-10-21(26-24-12-19)25-20-8-9-23-22(11-20)27-13-16(2)28-17(3)14-27/h4-12,16-17H,13-14H2,1-3H3,(H,23,25,26)/t16-,17+. The van der Waals surface area contributed by atoms with Gasteiger partial charge in [0.1, 0.15) is 5.82 Å². The molecule has 1 aliphatic heterocycles. The quantitative estimate of drug-likeness (QED) is 0.737. The van der Waals surface area contributed by atoms with Gasteiger partial charge in [-0.25, -0.2) is 4.98 Å². The largest absolute Gasteiger partial charge is 0.372 e. The lowest BCUT2D eigenvalue weighted by molar-refractivity contribution is -0.00545. The van der Waals surface area contributed by atoms with Gasteiger partial charge in [0.05, 0.1) is 18.4 Å². The van der Waals surface area contributed by atoms with Crippen molar-refractivity contribution in [1.29, 1.82) is 0 Å². The molecular formula is C22H25N5O. The monoisotopic (exact) mass is 375 g/mol. The van der Waals surface area contributed by atoms with Crippen molar-refractivity contribution in [2.75, 3.05) is 23.3 Å². The highest BCUT2D eigenvalue weighted by molar-refractivity contribution is 5.68. The van der Waals surface area contributed by atoms with Crippen LogP contribution in [0.2, 0.25) is 0 Å². The number of nitrogens with one attached hydrogen (secondary N) is 1. The van der Waals surface area contributed by atoms with Crippen molar-refractivity contribution in [3.05, 3.63) is 60.4 Å². The fraction of sp³-hybridized carbons (Fsp3) is 0.318. The highest BCUT2D eigenvalue weighted by atomic mass is 16.5. The normalized spacial score (nSPS) is 19.5. The van der Waals surface area contributed by atoms with Crippen LogP contribution in [0.15, 0.2) is 54.9 Å². The molecule has 144 valence electrons. The topological polar surface area (TPSA) is 63.2 Å². The van der Waals surface area contributed by atoms with Crippen LogP contribution in [0.4, 0.5) is 17.3 Å². The summed E-state index contributed by atoms with van der Waals surface area (Å²) in [5.74, 6) is 1.65. The van der Waals surface area contributed by atoms with Crippen LogP contribution in [0, 0.1) is 6.92 Å². The van der Waals surface area contributed by atoms with Crippen LogP contribution in [-0.2, 0) is 4.74 Å². The Kier molecular flexibility index (Phi) is 5.21. The van der Waals surface area contributed by atoms with E-state index in [-0.39, 0.29) is 12.2 Å². The predicted octanol–water partition coefficient (Wildman–Crippen LogP) is 4.20. The zero-order valence-electron chi connectivity index (χ0n) is 16.5. The van der Waals surface area contributed by atoms with Gasteiger partial charge in [-0.2, -0.15) is 5.10 Å². The number of benzene rings is 1. The number of nitrogens with zero attached hydrogens (tertiary/aromatic N) is 4. The summed E-state index contributed by atoms with van der Waals surface area (Å²) in [5, 5.41) is 11.7. The van der Waals surface area contributed by atoms with Gasteiger partial charge in [-0.3, -0.25) is 0 Å². The molecule has 0 unspecified atom stereocenters. The van der Waals surface area contributed by atoms with Crippen LogP contribution >= 0.6 is 0 Å². The molecule has 1 aliphatic rings. The van der Waals surface area contributed by atoms with Crippen molar-refractivity contribution in [2.24, 2.45) is 0 Å². The van der Waals surface area contributed by atoms with E-state index in [1.54, 1.807) is 6.20 Å². The van der Waals surface area contributed by atoms with E-state index in [9.17, 15) is 0 Å². The summed E-state index contributed by atoms with van der Waals surface area (Å²) in [7, 11) is 0. The van der Waals surface area contributed by atoms with Crippen molar-refractivity contribution in [3.63, 3.8) is 0 Å². The third-order valence-corrected chi connectivity index (χ3v) is 4.80. The molecule has 0 spiro atoms. The van der Waals surface area contributed by atoms with Crippen LogP contribution in [0.25, 0.3) is 11.1 Å². The third-order valence-electron chi connectivity index (χ3n) is 4.80. The Bertz CT molecular complexity index is 934. The van der Waals surface area contributed by atoms with E-state index in [2.05, 4.69) is 70.4 Å². The number of aryl methyl sites for hydroxylation is 1. The fourth-order valence-electron chi connectivity index (χ4n) is 3.51. The molecule has 0 aliphatic carbocycles. The lowest BCUT2D eigenvalue weighted by Crippen LogP contribution is -2.45. The van der Waals surface area contributed by atoms with Crippen LogP contribution in [-0.4, -0.2) is 40.5 Å². The van der Waals surface area contributed by atoms with E-state index in [1.165, 1.54) is 5.56 Å². The van der Waals surface area contributed by atoms with Crippen molar-refractivity contribution < 1.29 is 4.74 Å². The molecule has 0 amide bonds. The van der Waals surface area contributed by atoms with Crippen molar-refractivity contribution in [3.8, 4) is 11.1 Å². The lowest BCUT2D eigenvalue weighted by Gasteiger charge is -2.36. The van der Waals surface area contributed by atoms with E-state index < -0.39 is 0 Å². The lowest BCUT2D eigenvalue weighted by atomic mass is 10.1. The van der Waals surface area contributed by atoms with Crippen LogP contribution in [0.1, 0.15) is 19.4 Å². The van der Waals surface area contributed by atoms with Gasteiger partial charge in [0, 0.05) is 36.6 Å². The first-order valence-electron chi connectivity index (χ1n) is 9.60. The van der Waals surface area contributed by atoms with Crippen LogP contribution in [0.5, 0.6) is 0 Å². The smallest absolute Gasteiger partial charge is 0.153 e. The summed E-state index contributed by atoms with van der Waals surface area (Å²) in [4.78, 5) is 6.80. The Hall–Kier alpha value is -2.99. The molecule has 6 heteroatoms. The van der Waals surface area contributed by atoms with Gasteiger partial charge < -0.3 is 15.0 Å². The average molecular weight is 375 g/mol. The van der Waals surface area contributed by atoms with Crippen LogP contribution < -0.4 is 10.2 Å². The summed E-state index contributed by atoms with van der Waals surface area (Å²) in [5.41, 5.74) is 4.32. The Morgan fingerprint density at radius 3 is 2.50 bits per heavy atom. The first kappa shape index (κ1) is 18.4. The Balaban J connectivity index is 1.53. The number of ether oxygens (including phenoxy) is 1. The maximum Gasteiger partial charge on any atom is 0.153 e. The zero-order chi connectivity index (χ0) is 19.5. The molecule has 6 nitrogen and oxygen atoms in total. The number of hydrogen-bond donors (Lipinski definition) is 1. The Labute approximate surface area is 165 Å². The molecule has 1 fully saturated rings. The minimum Gasteiger partial charge on any atom is -0.372 e. The Morgan fingerprint density at radius 1 is 1.00 bits per heavy atom. The maximum absolute atomic E-state index is 5.82. The molecule has 3 aromatic rings. The number of aromatic nitrogens is 3. The third kappa shape index (κ3) is 4.28. The minimum absolute atomic E-state index is 0.194. The first-order valence-corrected chi connectivity index (χ1v) is 9.60. The number of pyridine rings is 1. The average Bonchev–Trinajstić information content (AvgIpc) is 2.68. The molecule has 28 heavy (non-hydrogen) atoms. The summed E-state index contributed by atoms with van der Waals surface area (Å²) < 4.78 is 5.82. The van der Waals surface area contributed by atoms with E-state index in [0.717, 1.165) is 35.7 Å². The second-order valence-corrected chi connectivity index (χ2v) is 7.39. The first-order chi connectivity index (χ1) is 13.6. The van der Waals surface area contributed by atoms with Gasteiger partial charge in [0.25, 0.3) is 0 Å². The number of hydrogen-bond acceptors (Lipinski definition) is 6. The highest BCUT2D eigenvalue weighted by Crippen LogP contribution is 2.25. The van der Waals surface area contributed by atoms with Gasteiger partial charge in [-0.15, -0.1) is 5.10 Å². The highest BCUT2D eigenvalue weighted by Gasteiger charge is 2.23. The predicted molar refractivity (Wildman–Crippen MR) is 112 cm³/mol. The van der Waals surface area contributed by atoms with Gasteiger partial charge in [-0.1, -0.05) is 29.8 Å². The SMILES string of the molecule is Cc1ccc(-c2cnnc(Nc3ccnc(N4C[C@@H](C)O[C@@H](C)C4)c3)c2)cc1.